The monoisotopic (exact) mass is 492 g/mol. The second-order valence-electron chi connectivity index (χ2n) is 7.14. The molecular formula is C20H21IN4O3. The number of hydrogen-bond acceptors (Lipinski definition) is 5. The van der Waals surface area contributed by atoms with Gasteiger partial charge in [0.05, 0.1) is 10.5 Å². The highest BCUT2D eigenvalue weighted by molar-refractivity contribution is 14.1. The summed E-state index contributed by atoms with van der Waals surface area (Å²) in [5.41, 5.74) is 2.39. The smallest absolute Gasteiger partial charge is 0.292 e. The summed E-state index contributed by atoms with van der Waals surface area (Å²) < 4.78 is 0.957. The van der Waals surface area contributed by atoms with Crippen molar-refractivity contribution in [2.45, 2.75) is 18.9 Å². The van der Waals surface area contributed by atoms with Gasteiger partial charge in [-0.25, -0.2) is 0 Å². The normalized spacial score (nSPS) is 16.8. The molecule has 0 unspecified atom stereocenters. The molecule has 0 spiro atoms. The number of anilines is 2. The minimum Gasteiger partial charge on any atom is -0.377 e. The molecule has 1 amide bonds. The van der Waals surface area contributed by atoms with Crippen molar-refractivity contribution in [1.82, 2.24) is 4.90 Å². The second-order valence-corrected chi connectivity index (χ2v) is 8.30. The Balaban J connectivity index is 1.45. The molecule has 1 N–H and O–H groups in total. The van der Waals surface area contributed by atoms with Crippen LogP contribution < -0.4 is 10.2 Å². The van der Waals surface area contributed by atoms with Crippen LogP contribution in [-0.4, -0.2) is 48.0 Å². The van der Waals surface area contributed by atoms with Gasteiger partial charge in [-0.1, -0.05) is 12.1 Å². The zero-order chi connectivity index (χ0) is 19.7. The van der Waals surface area contributed by atoms with Crippen LogP contribution in [0, 0.1) is 13.7 Å². The molecule has 1 aliphatic heterocycles. The number of carbonyl (C=O) groups is 1. The van der Waals surface area contributed by atoms with Gasteiger partial charge in [-0.2, -0.15) is 0 Å². The largest absolute Gasteiger partial charge is 0.377 e. The van der Waals surface area contributed by atoms with E-state index in [0.717, 1.165) is 27.7 Å². The number of benzene rings is 2. The van der Waals surface area contributed by atoms with Crippen LogP contribution >= 0.6 is 22.6 Å². The third kappa shape index (κ3) is 4.06. The summed E-state index contributed by atoms with van der Waals surface area (Å²) in [6.07, 6.45) is 2.11. The lowest BCUT2D eigenvalue weighted by atomic mass is 10.1. The number of nitrogens with one attached hydrogen (secondary N) is 1. The number of carbonyl (C=O) groups excluding carboxylic acids is 1. The van der Waals surface area contributed by atoms with Gasteiger partial charge < -0.3 is 15.1 Å². The maximum Gasteiger partial charge on any atom is 0.292 e. The van der Waals surface area contributed by atoms with Crippen LogP contribution in [0.5, 0.6) is 0 Å². The van der Waals surface area contributed by atoms with Gasteiger partial charge in [-0.15, -0.1) is 0 Å². The molecule has 1 heterocycles. The third-order valence-corrected chi connectivity index (χ3v) is 6.09. The molecule has 1 saturated heterocycles. The van der Waals surface area contributed by atoms with E-state index < -0.39 is 0 Å². The average molecular weight is 492 g/mol. The van der Waals surface area contributed by atoms with Crippen molar-refractivity contribution in [1.29, 1.82) is 0 Å². The van der Waals surface area contributed by atoms with E-state index >= 15 is 0 Å². The van der Waals surface area contributed by atoms with Crippen LogP contribution in [0.2, 0.25) is 0 Å². The summed E-state index contributed by atoms with van der Waals surface area (Å²) in [5, 5.41) is 14.6. The van der Waals surface area contributed by atoms with E-state index in [4.69, 9.17) is 0 Å². The van der Waals surface area contributed by atoms with Gasteiger partial charge in [0, 0.05) is 47.5 Å². The lowest BCUT2D eigenvalue weighted by Gasteiger charge is -2.36. The Morgan fingerprint density at radius 2 is 1.82 bits per heavy atom. The second kappa shape index (κ2) is 7.94. The number of nitrogens with zero attached hydrogens (tertiary/aromatic N) is 3. The van der Waals surface area contributed by atoms with Gasteiger partial charge >= 0.3 is 0 Å². The van der Waals surface area contributed by atoms with Crippen LogP contribution in [0.3, 0.4) is 0 Å². The summed E-state index contributed by atoms with van der Waals surface area (Å²) in [7, 11) is 0. The van der Waals surface area contributed by atoms with Gasteiger partial charge in [0.1, 0.15) is 5.69 Å². The van der Waals surface area contributed by atoms with Crippen molar-refractivity contribution in [3.8, 4) is 0 Å². The first-order valence-corrected chi connectivity index (χ1v) is 10.4. The van der Waals surface area contributed by atoms with Gasteiger partial charge in [0.25, 0.3) is 11.6 Å². The van der Waals surface area contributed by atoms with Gasteiger partial charge in [0.15, 0.2) is 0 Å². The zero-order valence-corrected chi connectivity index (χ0v) is 17.5. The number of nitro groups is 1. The molecule has 1 saturated carbocycles. The molecule has 0 atom stereocenters. The predicted octanol–water partition coefficient (Wildman–Crippen LogP) is 3.74. The van der Waals surface area contributed by atoms with Crippen molar-refractivity contribution < 1.29 is 9.72 Å². The van der Waals surface area contributed by atoms with Crippen LogP contribution in [0.4, 0.5) is 17.1 Å². The summed E-state index contributed by atoms with van der Waals surface area (Å²) in [4.78, 5) is 27.8. The molecule has 0 aromatic heterocycles. The van der Waals surface area contributed by atoms with E-state index in [1.807, 2.05) is 35.2 Å². The molecule has 28 heavy (non-hydrogen) atoms. The van der Waals surface area contributed by atoms with E-state index in [1.54, 1.807) is 12.1 Å². The molecule has 2 aliphatic rings. The summed E-state index contributed by atoms with van der Waals surface area (Å²) >= 11 is 2.19. The van der Waals surface area contributed by atoms with Gasteiger partial charge in [-0.3, -0.25) is 14.9 Å². The van der Waals surface area contributed by atoms with Crippen molar-refractivity contribution in [3.05, 3.63) is 61.7 Å². The quantitative estimate of drug-likeness (QED) is 0.391. The maximum atomic E-state index is 12.8. The topological polar surface area (TPSA) is 78.7 Å². The molecule has 2 aromatic carbocycles. The zero-order valence-electron chi connectivity index (χ0n) is 15.3. The first-order chi connectivity index (χ1) is 13.5. The molecule has 7 nitrogen and oxygen atoms in total. The van der Waals surface area contributed by atoms with E-state index in [2.05, 4.69) is 32.8 Å². The van der Waals surface area contributed by atoms with E-state index in [1.165, 1.54) is 0 Å². The SMILES string of the molecule is O=C(c1ccccc1I)N1CCN(c2ccc([N+](=O)[O-])c(NC3CC3)c2)CC1. The molecular weight excluding hydrogens is 471 g/mol. The summed E-state index contributed by atoms with van der Waals surface area (Å²) in [6, 6.07) is 13.2. The maximum absolute atomic E-state index is 12.8. The fourth-order valence-corrected chi connectivity index (χ4v) is 4.03. The molecule has 8 heteroatoms. The fourth-order valence-electron chi connectivity index (χ4n) is 3.42. The van der Waals surface area contributed by atoms with Gasteiger partial charge in [-0.05, 0) is 59.7 Å². The molecule has 4 rings (SSSR count). The van der Waals surface area contributed by atoms with Crippen LogP contribution in [0.1, 0.15) is 23.2 Å². The van der Waals surface area contributed by atoms with Crippen molar-refractivity contribution in [2.75, 3.05) is 36.4 Å². The van der Waals surface area contributed by atoms with Crippen molar-refractivity contribution in [2.24, 2.45) is 0 Å². The molecule has 2 fully saturated rings. The molecule has 2 aromatic rings. The Morgan fingerprint density at radius 3 is 2.46 bits per heavy atom. The third-order valence-electron chi connectivity index (χ3n) is 5.15. The lowest BCUT2D eigenvalue weighted by Crippen LogP contribution is -2.49. The van der Waals surface area contributed by atoms with Gasteiger partial charge in [0.2, 0.25) is 0 Å². The Morgan fingerprint density at radius 1 is 1.11 bits per heavy atom. The highest BCUT2D eigenvalue weighted by Gasteiger charge is 2.27. The number of amides is 1. The highest BCUT2D eigenvalue weighted by Crippen LogP contribution is 2.34. The minimum atomic E-state index is -0.341. The van der Waals surface area contributed by atoms with Crippen LogP contribution in [0.25, 0.3) is 0 Å². The van der Waals surface area contributed by atoms with Crippen LogP contribution in [-0.2, 0) is 0 Å². The molecule has 146 valence electrons. The number of hydrogen-bond donors (Lipinski definition) is 1. The average Bonchev–Trinajstić information content (AvgIpc) is 3.52. The number of halogens is 1. The van der Waals surface area contributed by atoms with E-state index in [-0.39, 0.29) is 16.5 Å². The van der Waals surface area contributed by atoms with Crippen molar-refractivity contribution >= 4 is 45.6 Å². The van der Waals surface area contributed by atoms with E-state index in [0.29, 0.717) is 37.9 Å². The Labute approximate surface area is 177 Å². The molecule has 1 aliphatic carbocycles. The predicted molar refractivity (Wildman–Crippen MR) is 117 cm³/mol. The number of rotatable bonds is 5. The Bertz CT molecular complexity index is 908. The highest BCUT2D eigenvalue weighted by atomic mass is 127. The Hall–Kier alpha value is -2.36. The summed E-state index contributed by atoms with van der Waals surface area (Å²) in [6.45, 7) is 2.67. The van der Waals surface area contributed by atoms with Crippen LogP contribution in [0.15, 0.2) is 42.5 Å². The standard InChI is InChI=1S/C20H21IN4O3/c21-17-4-2-1-3-16(17)20(26)24-11-9-23(10-12-24)15-7-8-19(25(27)28)18(13-15)22-14-5-6-14/h1-4,7-8,13-14,22H,5-6,9-12H2. The molecule has 0 radical (unpaired) electrons. The van der Waals surface area contributed by atoms with Crippen molar-refractivity contribution in [3.63, 3.8) is 0 Å². The lowest BCUT2D eigenvalue weighted by molar-refractivity contribution is -0.384. The molecule has 0 bridgehead atoms. The fraction of sp³-hybridized carbons (Fsp3) is 0.350. The first-order valence-electron chi connectivity index (χ1n) is 9.36. The van der Waals surface area contributed by atoms with E-state index in [9.17, 15) is 14.9 Å². The summed E-state index contributed by atoms with van der Waals surface area (Å²) in [5.74, 6) is 0.0597. The number of nitro benzene ring substituents is 1. The Kier molecular flexibility index (Phi) is 5.38. The first kappa shape index (κ1) is 19.0. The minimum absolute atomic E-state index is 0.0597. The number of piperazine rings is 1.